The van der Waals surface area contributed by atoms with Gasteiger partial charge in [0.05, 0.1) is 0 Å². The van der Waals surface area contributed by atoms with E-state index in [1.54, 1.807) is 6.92 Å². The van der Waals surface area contributed by atoms with Crippen molar-refractivity contribution < 1.29 is 23.7 Å². The number of thioether (sulfide) groups is 1. The zero-order valence-electron chi connectivity index (χ0n) is 18.4. The van der Waals surface area contributed by atoms with Gasteiger partial charge >= 0.3 is 17.5 Å². The standard InChI is InChI=1S/C21H21N5O8S/c1-3-21(6-4-14(34-21)26-8-12(2)17(27)24-19(26)29)11-32-20(30)31-9-16-33-15(10-35-16)25-7-5-13(22)23-18(25)28/h1,4-8,14-16H,9-11H2,2H3,(H2,22,23,28)(H,24,27,29)/t14-,15+,16-,21+/m1/s1. The lowest BCUT2D eigenvalue weighted by Crippen LogP contribution is -2.37. The molecule has 0 radical (unpaired) electrons. The van der Waals surface area contributed by atoms with E-state index in [1.807, 2.05) is 0 Å². The van der Waals surface area contributed by atoms with Crippen LogP contribution >= 0.6 is 11.8 Å². The first-order chi connectivity index (χ1) is 16.7. The summed E-state index contributed by atoms with van der Waals surface area (Å²) in [4.78, 5) is 53.6. The fraction of sp³-hybridized carbons (Fsp3) is 0.381. The molecule has 4 heterocycles. The number of ether oxygens (including phenoxy) is 4. The molecule has 0 unspecified atom stereocenters. The number of nitrogen functional groups attached to an aromatic ring is 1. The van der Waals surface area contributed by atoms with Crippen molar-refractivity contribution in [2.75, 3.05) is 24.7 Å². The first kappa shape index (κ1) is 24.3. The van der Waals surface area contributed by atoms with Gasteiger partial charge in [0.2, 0.25) is 0 Å². The van der Waals surface area contributed by atoms with Crippen molar-refractivity contribution in [2.45, 2.75) is 30.4 Å². The minimum absolute atomic E-state index is 0.109. The second kappa shape index (κ2) is 9.82. The smallest absolute Gasteiger partial charge is 0.431 e. The molecule has 1 fully saturated rings. The molecule has 0 saturated carbocycles. The fourth-order valence-electron chi connectivity index (χ4n) is 3.33. The molecule has 4 rings (SSSR count). The lowest BCUT2D eigenvalue weighted by molar-refractivity contribution is -0.0682. The monoisotopic (exact) mass is 503 g/mol. The number of nitrogens with zero attached hydrogens (tertiary/aromatic N) is 3. The van der Waals surface area contributed by atoms with Crippen LogP contribution in [0.5, 0.6) is 0 Å². The summed E-state index contributed by atoms with van der Waals surface area (Å²) in [5, 5.41) is 0. The SMILES string of the molecule is C#C[C@@]1(COC(=O)OC[C@@H]2O[C@H](n3ccc(N)nc3=O)CS2)C=C[C@H](n2cc(C)c(=O)[nH]c2=O)O1. The predicted molar refractivity (Wildman–Crippen MR) is 123 cm³/mol. The summed E-state index contributed by atoms with van der Waals surface area (Å²) in [6.07, 6.45) is 8.93. The largest absolute Gasteiger partial charge is 0.508 e. The van der Waals surface area contributed by atoms with Gasteiger partial charge in [-0.05, 0) is 25.1 Å². The summed E-state index contributed by atoms with van der Waals surface area (Å²) in [7, 11) is 0. The van der Waals surface area contributed by atoms with Gasteiger partial charge in [-0.2, -0.15) is 4.98 Å². The summed E-state index contributed by atoms with van der Waals surface area (Å²) in [6.45, 7) is 1.03. The van der Waals surface area contributed by atoms with E-state index in [0.717, 1.165) is 4.57 Å². The van der Waals surface area contributed by atoms with Crippen LogP contribution in [0, 0.1) is 19.3 Å². The van der Waals surface area contributed by atoms with Crippen LogP contribution in [-0.4, -0.2) is 55.3 Å². The van der Waals surface area contributed by atoms with Crippen LogP contribution in [0.3, 0.4) is 0 Å². The van der Waals surface area contributed by atoms with Crippen LogP contribution in [0.25, 0.3) is 0 Å². The first-order valence-corrected chi connectivity index (χ1v) is 11.3. The van der Waals surface area contributed by atoms with Crippen molar-refractivity contribution >= 4 is 23.7 Å². The van der Waals surface area contributed by atoms with Crippen LogP contribution in [0.1, 0.15) is 18.0 Å². The lowest BCUT2D eigenvalue weighted by atomic mass is 10.1. The lowest BCUT2D eigenvalue weighted by Gasteiger charge is -2.24. The Kier molecular flexibility index (Phi) is 6.83. The van der Waals surface area contributed by atoms with Gasteiger partial charge in [-0.25, -0.2) is 14.4 Å². The van der Waals surface area contributed by atoms with Gasteiger partial charge in [0.25, 0.3) is 5.56 Å². The van der Waals surface area contributed by atoms with Crippen LogP contribution in [0.15, 0.2) is 45.0 Å². The van der Waals surface area contributed by atoms with Crippen molar-refractivity contribution in [2.24, 2.45) is 0 Å². The molecule has 0 aliphatic carbocycles. The number of H-pyrrole nitrogens is 1. The van der Waals surface area contributed by atoms with Gasteiger partial charge < -0.3 is 24.7 Å². The van der Waals surface area contributed by atoms with Gasteiger partial charge in [0.15, 0.2) is 11.8 Å². The fourth-order valence-corrected chi connectivity index (χ4v) is 4.32. The van der Waals surface area contributed by atoms with E-state index in [2.05, 4.69) is 15.9 Å². The molecule has 3 N–H and O–H groups in total. The minimum atomic E-state index is -1.43. The number of anilines is 1. The maximum absolute atomic E-state index is 12.1. The van der Waals surface area contributed by atoms with Gasteiger partial charge in [0, 0.05) is 23.7 Å². The summed E-state index contributed by atoms with van der Waals surface area (Å²) >= 11 is 1.35. The Hall–Kier alpha value is -3.80. The van der Waals surface area contributed by atoms with Crippen molar-refractivity contribution in [1.29, 1.82) is 0 Å². The average Bonchev–Trinajstić information content (AvgIpc) is 3.47. The normalized spacial score (nSPS) is 25.3. The van der Waals surface area contributed by atoms with Crippen molar-refractivity contribution in [1.82, 2.24) is 19.1 Å². The van der Waals surface area contributed by atoms with Crippen molar-refractivity contribution in [3.05, 3.63) is 67.5 Å². The quantitative estimate of drug-likeness (QED) is 0.306. The number of rotatable bonds is 6. The van der Waals surface area contributed by atoms with E-state index < -0.39 is 46.6 Å². The van der Waals surface area contributed by atoms with Crippen LogP contribution in [0.4, 0.5) is 10.6 Å². The molecule has 1 saturated heterocycles. The molecule has 13 nitrogen and oxygen atoms in total. The van der Waals surface area contributed by atoms with E-state index >= 15 is 0 Å². The predicted octanol–water partition coefficient (Wildman–Crippen LogP) is -0.118. The molecular formula is C21H21N5O8S. The molecule has 2 aromatic heterocycles. The van der Waals surface area contributed by atoms with Gasteiger partial charge in [-0.3, -0.25) is 18.9 Å². The molecule has 14 heteroatoms. The molecule has 0 aromatic carbocycles. The summed E-state index contributed by atoms with van der Waals surface area (Å²) < 4.78 is 24.1. The van der Waals surface area contributed by atoms with Crippen LogP contribution in [0.2, 0.25) is 0 Å². The van der Waals surface area contributed by atoms with E-state index in [9.17, 15) is 19.2 Å². The second-order valence-corrected chi connectivity index (χ2v) is 8.82. The minimum Gasteiger partial charge on any atom is -0.431 e. The maximum Gasteiger partial charge on any atom is 0.508 e. The Labute approximate surface area is 201 Å². The molecule has 35 heavy (non-hydrogen) atoms. The van der Waals surface area contributed by atoms with Gasteiger partial charge in [-0.1, -0.05) is 5.92 Å². The van der Waals surface area contributed by atoms with Gasteiger partial charge in [-0.15, -0.1) is 18.2 Å². The van der Waals surface area contributed by atoms with Gasteiger partial charge in [0.1, 0.15) is 30.7 Å². The van der Waals surface area contributed by atoms with Crippen molar-refractivity contribution in [3.63, 3.8) is 0 Å². The third kappa shape index (κ3) is 5.32. The Morgan fingerprint density at radius 3 is 2.94 bits per heavy atom. The molecule has 0 bridgehead atoms. The zero-order chi connectivity index (χ0) is 25.2. The molecule has 2 aliphatic rings. The number of carbonyl (C=O) groups is 1. The molecule has 0 spiro atoms. The maximum atomic E-state index is 12.1. The zero-order valence-corrected chi connectivity index (χ0v) is 19.2. The number of aromatic nitrogens is 4. The first-order valence-electron chi connectivity index (χ1n) is 10.3. The van der Waals surface area contributed by atoms with E-state index in [1.165, 1.54) is 46.9 Å². The average molecular weight is 503 g/mol. The van der Waals surface area contributed by atoms with Crippen LogP contribution in [-0.2, 0) is 18.9 Å². The Balaban J connectivity index is 1.28. The number of hydrogen-bond acceptors (Lipinski definition) is 11. The number of nitrogens with two attached hydrogens (primary N) is 1. The molecule has 2 aromatic rings. The van der Waals surface area contributed by atoms with Crippen molar-refractivity contribution in [3.8, 4) is 12.3 Å². The third-order valence-corrected chi connectivity index (χ3v) is 6.26. The highest BCUT2D eigenvalue weighted by Gasteiger charge is 2.37. The number of aryl methyl sites for hydroxylation is 1. The number of carbonyl (C=O) groups excluding carboxylic acids is 1. The summed E-state index contributed by atoms with van der Waals surface area (Å²) in [5.74, 6) is 2.96. The third-order valence-electron chi connectivity index (χ3n) is 5.16. The topological polar surface area (TPSA) is 170 Å². The van der Waals surface area contributed by atoms with E-state index in [-0.39, 0.29) is 19.0 Å². The number of aromatic amines is 1. The highest BCUT2D eigenvalue weighted by molar-refractivity contribution is 8.00. The molecule has 0 amide bonds. The van der Waals surface area contributed by atoms with E-state index in [0.29, 0.717) is 11.3 Å². The second-order valence-electron chi connectivity index (χ2n) is 7.63. The molecule has 184 valence electrons. The summed E-state index contributed by atoms with van der Waals surface area (Å²) in [6, 6.07) is 1.48. The molecule has 4 atom stereocenters. The number of terminal acetylenes is 1. The highest BCUT2D eigenvalue weighted by Crippen LogP contribution is 2.31. The Morgan fingerprint density at radius 1 is 1.40 bits per heavy atom. The Bertz CT molecular complexity index is 1380. The molecule has 2 aliphatic heterocycles. The summed E-state index contributed by atoms with van der Waals surface area (Å²) in [5.41, 5.74) is 2.12. The molecular weight excluding hydrogens is 482 g/mol. The van der Waals surface area contributed by atoms with E-state index in [4.69, 9.17) is 31.1 Å². The number of nitrogens with one attached hydrogen (secondary N) is 1. The number of hydrogen-bond donors (Lipinski definition) is 2. The highest BCUT2D eigenvalue weighted by atomic mass is 32.2. The van der Waals surface area contributed by atoms with Crippen LogP contribution < -0.4 is 22.7 Å². The Morgan fingerprint density at radius 2 is 2.20 bits per heavy atom.